The van der Waals surface area contributed by atoms with Crippen molar-refractivity contribution >= 4 is 28.6 Å². The Labute approximate surface area is 134 Å². The van der Waals surface area contributed by atoms with Gasteiger partial charge in [0.15, 0.2) is 0 Å². The lowest BCUT2D eigenvalue weighted by Crippen LogP contribution is -2.11. The molecule has 0 bridgehead atoms. The first kappa shape index (κ1) is 14.8. The molecule has 0 atom stereocenters. The fourth-order valence-electron chi connectivity index (χ4n) is 2.17. The third-order valence-corrected chi connectivity index (χ3v) is 3.45. The zero-order chi connectivity index (χ0) is 16.2. The highest BCUT2D eigenvalue weighted by Gasteiger charge is 2.03. The highest BCUT2D eigenvalue weighted by atomic mass is 16.1. The monoisotopic (exact) mass is 306 g/mol. The number of fused-ring (bicyclic) bond motifs is 1. The van der Waals surface area contributed by atoms with Gasteiger partial charge in [0.25, 0.3) is 5.91 Å². The number of para-hydroxylation sites is 2. The van der Waals surface area contributed by atoms with Crippen LogP contribution in [0.25, 0.3) is 11.0 Å². The zero-order valence-corrected chi connectivity index (χ0v) is 12.9. The van der Waals surface area contributed by atoms with Gasteiger partial charge in [0.1, 0.15) is 0 Å². The smallest absolute Gasteiger partial charge is 0.250 e. The predicted molar refractivity (Wildman–Crippen MR) is 93.3 cm³/mol. The van der Waals surface area contributed by atoms with Gasteiger partial charge in [-0.15, -0.1) is 0 Å². The maximum Gasteiger partial charge on any atom is 0.250 e. The lowest BCUT2D eigenvalue weighted by Gasteiger charge is -2.07. The second kappa shape index (κ2) is 6.36. The molecule has 0 fully saturated rings. The number of aromatic nitrogens is 2. The van der Waals surface area contributed by atoms with E-state index in [0.29, 0.717) is 12.1 Å². The van der Waals surface area contributed by atoms with Crippen LogP contribution in [0.3, 0.4) is 0 Å². The van der Waals surface area contributed by atoms with Crippen molar-refractivity contribution in [1.29, 1.82) is 0 Å². The van der Waals surface area contributed by atoms with E-state index in [1.807, 2.05) is 48.5 Å². The van der Waals surface area contributed by atoms with Gasteiger partial charge in [-0.1, -0.05) is 30.8 Å². The SMILES string of the molecule is C=C(C)C(=O)Nc1ccc(CNc2nc3ccccc3[nH]2)cc1. The molecule has 2 aromatic carbocycles. The number of hydrogen-bond acceptors (Lipinski definition) is 3. The molecule has 3 rings (SSSR count). The normalized spacial score (nSPS) is 10.5. The van der Waals surface area contributed by atoms with Crippen LogP contribution in [0.2, 0.25) is 0 Å². The average molecular weight is 306 g/mol. The van der Waals surface area contributed by atoms with Gasteiger partial charge >= 0.3 is 0 Å². The molecule has 0 radical (unpaired) electrons. The lowest BCUT2D eigenvalue weighted by atomic mass is 10.2. The number of nitrogens with one attached hydrogen (secondary N) is 3. The van der Waals surface area contributed by atoms with Crippen molar-refractivity contribution in [2.45, 2.75) is 13.5 Å². The van der Waals surface area contributed by atoms with Crippen molar-refractivity contribution in [3.05, 3.63) is 66.2 Å². The molecule has 23 heavy (non-hydrogen) atoms. The van der Waals surface area contributed by atoms with Gasteiger partial charge in [-0.25, -0.2) is 4.98 Å². The number of carbonyl (C=O) groups is 1. The molecule has 3 aromatic rings. The summed E-state index contributed by atoms with van der Waals surface area (Å²) in [6.07, 6.45) is 0. The third-order valence-electron chi connectivity index (χ3n) is 3.45. The van der Waals surface area contributed by atoms with E-state index in [0.717, 1.165) is 28.2 Å². The average Bonchev–Trinajstić information content (AvgIpc) is 2.97. The maximum atomic E-state index is 11.6. The summed E-state index contributed by atoms with van der Waals surface area (Å²) in [6.45, 7) is 5.95. The van der Waals surface area contributed by atoms with Gasteiger partial charge in [-0.3, -0.25) is 4.79 Å². The number of H-pyrrole nitrogens is 1. The van der Waals surface area contributed by atoms with E-state index in [4.69, 9.17) is 0 Å². The van der Waals surface area contributed by atoms with Gasteiger partial charge in [0, 0.05) is 17.8 Å². The maximum absolute atomic E-state index is 11.6. The first-order valence-corrected chi connectivity index (χ1v) is 7.36. The number of carbonyl (C=O) groups excluding carboxylic acids is 1. The van der Waals surface area contributed by atoms with Crippen LogP contribution in [0.1, 0.15) is 12.5 Å². The van der Waals surface area contributed by atoms with E-state index in [1.165, 1.54) is 0 Å². The Balaban J connectivity index is 1.62. The van der Waals surface area contributed by atoms with Crippen LogP contribution in [0.5, 0.6) is 0 Å². The lowest BCUT2D eigenvalue weighted by molar-refractivity contribution is -0.112. The Kier molecular flexibility index (Phi) is 4.10. The van der Waals surface area contributed by atoms with E-state index < -0.39 is 0 Å². The second-order valence-electron chi connectivity index (χ2n) is 5.39. The van der Waals surface area contributed by atoms with Crippen LogP contribution in [-0.2, 0) is 11.3 Å². The Morgan fingerprint density at radius 2 is 1.91 bits per heavy atom. The Bertz CT molecular complexity index is 816. The first-order valence-electron chi connectivity index (χ1n) is 7.36. The molecule has 0 unspecified atom stereocenters. The molecular weight excluding hydrogens is 288 g/mol. The second-order valence-corrected chi connectivity index (χ2v) is 5.39. The Hall–Kier alpha value is -3.08. The van der Waals surface area contributed by atoms with E-state index in [-0.39, 0.29) is 5.91 Å². The third kappa shape index (κ3) is 3.58. The molecule has 116 valence electrons. The number of benzene rings is 2. The van der Waals surface area contributed by atoms with Crippen molar-refractivity contribution in [2.75, 3.05) is 10.6 Å². The summed E-state index contributed by atoms with van der Waals surface area (Å²) >= 11 is 0. The fourth-order valence-corrected chi connectivity index (χ4v) is 2.17. The van der Waals surface area contributed by atoms with Gasteiger partial charge in [0.05, 0.1) is 11.0 Å². The van der Waals surface area contributed by atoms with E-state index in [1.54, 1.807) is 6.92 Å². The molecule has 3 N–H and O–H groups in total. The summed E-state index contributed by atoms with van der Waals surface area (Å²) in [4.78, 5) is 19.3. The standard InChI is InChI=1S/C18H18N4O/c1-12(2)17(23)20-14-9-7-13(8-10-14)11-19-18-21-15-5-3-4-6-16(15)22-18/h3-10H,1,11H2,2H3,(H,20,23)(H2,19,21,22). The molecule has 1 amide bonds. The molecule has 0 spiro atoms. The molecule has 5 heteroatoms. The number of nitrogens with zero attached hydrogens (tertiary/aromatic N) is 1. The van der Waals surface area contributed by atoms with Crippen LogP contribution in [-0.4, -0.2) is 15.9 Å². The van der Waals surface area contributed by atoms with Gasteiger partial charge in [-0.05, 0) is 36.8 Å². The number of aromatic amines is 1. The number of amides is 1. The van der Waals surface area contributed by atoms with Gasteiger partial charge in [-0.2, -0.15) is 0 Å². The van der Waals surface area contributed by atoms with Crippen molar-refractivity contribution in [2.24, 2.45) is 0 Å². The molecule has 0 saturated carbocycles. The van der Waals surface area contributed by atoms with Crippen LogP contribution in [0, 0.1) is 0 Å². The molecule has 0 aliphatic heterocycles. The quantitative estimate of drug-likeness (QED) is 0.630. The number of anilines is 2. The number of hydrogen-bond donors (Lipinski definition) is 3. The molecule has 5 nitrogen and oxygen atoms in total. The first-order chi connectivity index (χ1) is 11.1. The summed E-state index contributed by atoms with van der Waals surface area (Å²) < 4.78 is 0. The van der Waals surface area contributed by atoms with Crippen LogP contribution < -0.4 is 10.6 Å². The molecule has 1 heterocycles. The Morgan fingerprint density at radius 3 is 2.61 bits per heavy atom. The summed E-state index contributed by atoms with van der Waals surface area (Å²) in [5.74, 6) is 0.573. The summed E-state index contributed by atoms with van der Waals surface area (Å²) in [5, 5.41) is 6.04. The minimum absolute atomic E-state index is 0.168. The van der Waals surface area contributed by atoms with Crippen molar-refractivity contribution in [1.82, 2.24) is 9.97 Å². The van der Waals surface area contributed by atoms with E-state index >= 15 is 0 Å². The number of rotatable bonds is 5. The van der Waals surface area contributed by atoms with Crippen molar-refractivity contribution in [3.8, 4) is 0 Å². The number of imidazole rings is 1. The highest BCUT2D eigenvalue weighted by Crippen LogP contribution is 2.15. The molecule has 0 saturated heterocycles. The summed E-state index contributed by atoms with van der Waals surface area (Å²) in [7, 11) is 0. The van der Waals surface area contributed by atoms with Gasteiger partial charge in [0.2, 0.25) is 5.95 Å². The van der Waals surface area contributed by atoms with E-state index in [2.05, 4.69) is 27.2 Å². The summed E-state index contributed by atoms with van der Waals surface area (Å²) in [5.41, 5.74) is 4.28. The Morgan fingerprint density at radius 1 is 1.17 bits per heavy atom. The minimum Gasteiger partial charge on any atom is -0.352 e. The van der Waals surface area contributed by atoms with Gasteiger partial charge < -0.3 is 15.6 Å². The van der Waals surface area contributed by atoms with E-state index in [9.17, 15) is 4.79 Å². The largest absolute Gasteiger partial charge is 0.352 e. The molecule has 0 aliphatic carbocycles. The van der Waals surface area contributed by atoms with Crippen molar-refractivity contribution < 1.29 is 4.79 Å². The fraction of sp³-hybridized carbons (Fsp3) is 0.111. The van der Waals surface area contributed by atoms with Crippen molar-refractivity contribution in [3.63, 3.8) is 0 Å². The predicted octanol–water partition coefficient (Wildman–Crippen LogP) is 3.69. The van der Waals surface area contributed by atoms with Crippen LogP contribution in [0.15, 0.2) is 60.7 Å². The highest BCUT2D eigenvalue weighted by molar-refractivity contribution is 6.02. The topological polar surface area (TPSA) is 69.8 Å². The van der Waals surface area contributed by atoms with Crippen LogP contribution in [0.4, 0.5) is 11.6 Å². The molecular formula is C18H18N4O. The van der Waals surface area contributed by atoms with Crippen LogP contribution >= 0.6 is 0 Å². The minimum atomic E-state index is -0.168. The molecule has 1 aromatic heterocycles. The summed E-state index contributed by atoms with van der Waals surface area (Å²) in [6, 6.07) is 15.6. The zero-order valence-electron chi connectivity index (χ0n) is 12.9. The molecule has 0 aliphatic rings.